The Morgan fingerprint density at radius 1 is 1.19 bits per heavy atom. The molecule has 0 saturated heterocycles. The number of nitrogens with zero attached hydrogens (tertiary/aromatic N) is 2. The van der Waals surface area contributed by atoms with E-state index in [1.165, 1.54) is 16.5 Å². The maximum Gasteiger partial charge on any atom is 0.416 e. The normalized spacial score (nSPS) is 11.5. The van der Waals surface area contributed by atoms with E-state index in [0.29, 0.717) is 5.65 Å². The highest BCUT2D eigenvalue weighted by atomic mass is 19.4. The molecule has 0 atom stereocenters. The van der Waals surface area contributed by atoms with Gasteiger partial charge in [0.1, 0.15) is 12.3 Å². The van der Waals surface area contributed by atoms with Crippen molar-refractivity contribution in [2.45, 2.75) is 19.7 Å². The lowest BCUT2D eigenvalue weighted by Crippen LogP contribution is -2.17. The van der Waals surface area contributed by atoms with Gasteiger partial charge in [0.2, 0.25) is 0 Å². The maximum absolute atomic E-state index is 12.7. The Morgan fingerprint density at radius 3 is 2.69 bits per heavy atom. The number of alkyl halides is 3. The largest absolute Gasteiger partial charge is 0.456 e. The fraction of sp³-hybridized carbons (Fsp3) is 0.167. The molecule has 5 nitrogen and oxygen atoms in total. The molecule has 0 saturated carbocycles. The lowest BCUT2D eigenvalue weighted by Gasteiger charge is -2.09. The Kier molecular flexibility index (Phi) is 4.50. The van der Waals surface area contributed by atoms with Gasteiger partial charge in [-0.05, 0) is 36.8 Å². The third-order valence-corrected chi connectivity index (χ3v) is 3.72. The average molecular weight is 362 g/mol. The molecule has 0 radical (unpaired) electrons. The molecule has 2 heterocycles. The molecule has 0 spiro atoms. The number of carbonyl (C=O) groups is 1. The average Bonchev–Trinajstić information content (AvgIpc) is 2.60. The van der Waals surface area contributed by atoms with Gasteiger partial charge in [0.15, 0.2) is 0 Å². The predicted octanol–water partition coefficient (Wildman–Crippen LogP) is 3.38. The number of hydrogen-bond acceptors (Lipinski definition) is 4. The Morgan fingerprint density at radius 2 is 1.96 bits per heavy atom. The van der Waals surface area contributed by atoms with E-state index in [1.54, 1.807) is 25.3 Å². The monoisotopic (exact) mass is 362 g/mol. The molecule has 26 heavy (non-hydrogen) atoms. The quantitative estimate of drug-likeness (QED) is 0.670. The Balaban J connectivity index is 1.81. The van der Waals surface area contributed by atoms with Crippen LogP contribution in [0.3, 0.4) is 0 Å². The summed E-state index contributed by atoms with van der Waals surface area (Å²) in [4.78, 5) is 28.4. The van der Waals surface area contributed by atoms with Gasteiger partial charge in [0, 0.05) is 12.3 Å². The van der Waals surface area contributed by atoms with Crippen LogP contribution in [0.4, 0.5) is 13.2 Å². The second kappa shape index (κ2) is 6.62. The zero-order valence-electron chi connectivity index (χ0n) is 13.6. The van der Waals surface area contributed by atoms with Crippen LogP contribution in [0.5, 0.6) is 0 Å². The number of rotatable bonds is 3. The van der Waals surface area contributed by atoms with Gasteiger partial charge in [-0.2, -0.15) is 13.2 Å². The first kappa shape index (κ1) is 17.7. The number of aryl methyl sites for hydroxylation is 1. The molecule has 1 aromatic carbocycles. The number of fused-ring (bicyclic) bond motifs is 1. The van der Waals surface area contributed by atoms with Crippen LogP contribution in [0.25, 0.3) is 5.65 Å². The number of carbonyl (C=O) groups excluding carboxylic acids is 1. The summed E-state index contributed by atoms with van der Waals surface area (Å²) in [7, 11) is 0. The van der Waals surface area contributed by atoms with Crippen LogP contribution in [-0.4, -0.2) is 15.4 Å². The summed E-state index contributed by atoms with van der Waals surface area (Å²) < 4.78 is 44.5. The van der Waals surface area contributed by atoms with Crippen molar-refractivity contribution in [1.29, 1.82) is 0 Å². The minimum Gasteiger partial charge on any atom is -0.456 e. The summed E-state index contributed by atoms with van der Waals surface area (Å²) in [5.74, 6) is -0.928. The van der Waals surface area contributed by atoms with Crippen LogP contribution in [0.2, 0.25) is 0 Å². The highest BCUT2D eigenvalue weighted by Gasteiger charge is 2.31. The fourth-order valence-electron chi connectivity index (χ4n) is 2.43. The number of pyridine rings is 1. The van der Waals surface area contributed by atoms with Crippen LogP contribution in [0.15, 0.2) is 53.5 Å². The van der Waals surface area contributed by atoms with E-state index < -0.39 is 17.7 Å². The molecule has 3 rings (SSSR count). The van der Waals surface area contributed by atoms with E-state index in [4.69, 9.17) is 4.74 Å². The Hall–Kier alpha value is -3.16. The van der Waals surface area contributed by atoms with Crippen LogP contribution in [0.1, 0.15) is 27.2 Å². The number of esters is 1. The second-order valence-electron chi connectivity index (χ2n) is 5.63. The van der Waals surface area contributed by atoms with Gasteiger partial charge in [-0.15, -0.1) is 0 Å². The Bertz CT molecular complexity index is 1040. The van der Waals surface area contributed by atoms with Gasteiger partial charge in [0.25, 0.3) is 5.56 Å². The first-order valence-electron chi connectivity index (χ1n) is 7.58. The predicted molar refractivity (Wildman–Crippen MR) is 86.8 cm³/mol. The zero-order chi connectivity index (χ0) is 18.9. The van der Waals surface area contributed by atoms with Gasteiger partial charge >= 0.3 is 12.1 Å². The highest BCUT2D eigenvalue weighted by molar-refractivity contribution is 5.89. The number of ether oxygens (including phenoxy) is 1. The van der Waals surface area contributed by atoms with Gasteiger partial charge < -0.3 is 4.74 Å². The first-order valence-corrected chi connectivity index (χ1v) is 7.58. The summed E-state index contributed by atoms with van der Waals surface area (Å²) in [5.41, 5.74) is -0.118. The van der Waals surface area contributed by atoms with E-state index in [1.807, 2.05) is 0 Å². The lowest BCUT2D eigenvalue weighted by atomic mass is 10.1. The van der Waals surface area contributed by atoms with Crippen molar-refractivity contribution in [1.82, 2.24) is 9.38 Å². The number of hydrogen-bond donors (Lipinski definition) is 0. The van der Waals surface area contributed by atoms with Crippen LogP contribution in [0, 0.1) is 6.92 Å². The van der Waals surface area contributed by atoms with Crippen molar-refractivity contribution in [2.75, 3.05) is 0 Å². The molecule has 8 heteroatoms. The van der Waals surface area contributed by atoms with Gasteiger partial charge in [-0.25, -0.2) is 9.78 Å². The lowest BCUT2D eigenvalue weighted by molar-refractivity contribution is -0.137. The van der Waals surface area contributed by atoms with Crippen molar-refractivity contribution in [2.24, 2.45) is 0 Å². The standard InChI is InChI=1S/C18H13F3N2O3/c1-11-4-3-7-23-15(24)9-14(22-16(11)23)10-26-17(25)12-5-2-6-13(8-12)18(19,20)21/h2-9H,10H2,1H3. The summed E-state index contributed by atoms with van der Waals surface area (Å²) in [6.07, 6.45) is -2.99. The van der Waals surface area contributed by atoms with Crippen molar-refractivity contribution < 1.29 is 22.7 Å². The van der Waals surface area contributed by atoms with Crippen molar-refractivity contribution in [3.05, 3.63) is 81.4 Å². The molecular weight excluding hydrogens is 349 g/mol. The topological polar surface area (TPSA) is 60.7 Å². The van der Waals surface area contributed by atoms with Crippen LogP contribution in [-0.2, 0) is 17.5 Å². The molecule has 3 aromatic rings. The zero-order valence-corrected chi connectivity index (χ0v) is 13.6. The van der Waals surface area contributed by atoms with Crippen molar-refractivity contribution >= 4 is 11.6 Å². The molecule has 0 amide bonds. The summed E-state index contributed by atoms with van der Waals surface area (Å²) >= 11 is 0. The van der Waals surface area contributed by atoms with Crippen LogP contribution < -0.4 is 5.56 Å². The summed E-state index contributed by atoms with van der Waals surface area (Å²) in [5, 5.41) is 0. The fourth-order valence-corrected chi connectivity index (χ4v) is 2.43. The SMILES string of the molecule is Cc1cccn2c(=O)cc(COC(=O)c3cccc(C(F)(F)F)c3)nc12. The molecule has 0 bridgehead atoms. The van der Waals surface area contributed by atoms with Gasteiger partial charge in [0.05, 0.1) is 16.8 Å². The van der Waals surface area contributed by atoms with E-state index in [9.17, 15) is 22.8 Å². The molecule has 2 aromatic heterocycles. The number of benzene rings is 1. The summed E-state index contributed by atoms with van der Waals surface area (Å²) in [6.45, 7) is 1.45. The molecule has 0 N–H and O–H groups in total. The van der Waals surface area contributed by atoms with Crippen molar-refractivity contribution in [3.8, 4) is 0 Å². The summed E-state index contributed by atoms with van der Waals surface area (Å²) in [6, 6.07) is 8.64. The van der Waals surface area contributed by atoms with E-state index >= 15 is 0 Å². The van der Waals surface area contributed by atoms with Crippen molar-refractivity contribution in [3.63, 3.8) is 0 Å². The van der Waals surface area contributed by atoms with E-state index in [2.05, 4.69) is 4.98 Å². The van der Waals surface area contributed by atoms with E-state index in [0.717, 1.165) is 23.8 Å². The van der Waals surface area contributed by atoms with Gasteiger partial charge in [-0.3, -0.25) is 9.20 Å². The highest BCUT2D eigenvalue weighted by Crippen LogP contribution is 2.29. The molecule has 0 aliphatic heterocycles. The molecule has 0 unspecified atom stereocenters. The molecule has 134 valence electrons. The molecule has 0 fully saturated rings. The second-order valence-corrected chi connectivity index (χ2v) is 5.63. The smallest absolute Gasteiger partial charge is 0.416 e. The number of aromatic nitrogens is 2. The van der Waals surface area contributed by atoms with Gasteiger partial charge in [-0.1, -0.05) is 12.1 Å². The maximum atomic E-state index is 12.7. The first-order chi connectivity index (χ1) is 12.3. The Labute approximate surface area is 145 Å². The number of halogens is 3. The third kappa shape index (κ3) is 3.58. The van der Waals surface area contributed by atoms with E-state index in [-0.39, 0.29) is 23.4 Å². The molecular formula is C18H13F3N2O3. The minimum atomic E-state index is -4.55. The molecule has 0 aliphatic rings. The minimum absolute atomic E-state index is 0.213. The third-order valence-electron chi connectivity index (χ3n) is 3.72. The molecule has 0 aliphatic carbocycles. The van der Waals surface area contributed by atoms with Crippen LogP contribution >= 0.6 is 0 Å².